The van der Waals surface area contributed by atoms with E-state index in [9.17, 15) is 4.79 Å². The van der Waals surface area contributed by atoms with E-state index in [-0.39, 0.29) is 48.8 Å². The van der Waals surface area contributed by atoms with Crippen molar-refractivity contribution in [2.45, 2.75) is 281 Å². The molecule has 0 atom stereocenters. The molecule has 0 N–H and O–H groups in total. The molecule has 6 rings (SSSR count). The zero-order chi connectivity index (χ0) is 43.6. The normalized spacial score (nSPS) is 17.1. The van der Waals surface area contributed by atoms with Gasteiger partial charge in [0.1, 0.15) is 5.60 Å². The molecule has 2 saturated carbocycles. The quantitative estimate of drug-likeness (QED) is 0.243. The largest absolute Gasteiger partial charge is 0.444 e. The fourth-order valence-corrected chi connectivity index (χ4v) is 6.15. The highest BCUT2D eigenvalue weighted by atomic mass is 16.6. The lowest BCUT2D eigenvalue weighted by Gasteiger charge is -2.23. The Kier molecular flexibility index (Phi) is 109. The van der Waals surface area contributed by atoms with Crippen molar-refractivity contribution < 1.29 is 9.53 Å². The van der Waals surface area contributed by atoms with Gasteiger partial charge in [-0.15, -0.1) is 0 Å². The molecule has 1 amide bonds. The molecular weight excluding hydrogens is 737 g/mol. The monoisotopic (exact) mass is 869 g/mol. The van der Waals surface area contributed by atoms with Gasteiger partial charge in [-0.2, -0.15) is 0 Å². The average Bonchev–Trinajstić information content (AvgIpc) is 4.09. The Morgan fingerprint density at radius 3 is 0.600 bits per heavy atom. The molecule has 4 aliphatic heterocycles. The van der Waals surface area contributed by atoms with Crippen LogP contribution < -0.4 is 0 Å². The van der Waals surface area contributed by atoms with Gasteiger partial charge in [0.05, 0.1) is 0 Å². The summed E-state index contributed by atoms with van der Waals surface area (Å²) in [5.41, 5.74) is -0.361. The molecule has 2 aliphatic carbocycles. The molecule has 0 aromatic carbocycles. The lowest BCUT2D eigenvalue weighted by Crippen LogP contribution is -2.34. The molecule has 4 heterocycles. The number of rotatable bonds is 0. The van der Waals surface area contributed by atoms with E-state index in [1.807, 2.05) is 104 Å². The van der Waals surface area contributed by atoms with Crippen LogP contribution in [0.2, 0.25) is 0 Å². The first kappa shape index (κ1) is 86.3. The number of piperidine rings is 2. The van der Waals surface area contributed by atoms with Crippen molar-refractivity contribution in [3.8, 4) is 0 Å². The Morgan fingerprint density at radius 2 is 0.467 bits per heavy atom. The second-order valence-electron chi connectivity index (χ2n) is 14.8. The summed E-state index contributed by atoms with van der Waals surface area (Å²) in [5, 5.41) is 0. The van der Waals surface area contributed by atoms with Crippen LogP contribution in [0.1, 0.15) is 276 Å². The predicted octanol–water partition coefficient (Wildman–Crippen LogP) is 18.6. The summed E-state index contributed by atoms with van der Waals surface area (Å²) < 4.78 is 5.21. The molecule has 380 valence electrons. The number of amides is 1. The van der Waals surface area contributed by atoms with Gasteiger partial charge in [0.15, 0.2) is 0 Å². The van der Waals surface area contributed by atoms with Gasteiger partial charge < -0.3 is 24.3 Å². The Balaban J connectivity index is -0.0000000507. The van der Waals surface area contributed by atoms with Gasteiger partial charge in [0.2, 0.25) is 0 Å². The Morgan fingerprint density at radius 1 is 0.317 bits per heavy atom. The first-order valence-corrected chi connectivity index (χ1v) is 24.7. The van der Waals surface area contributed by atoms with Crippen LogP contribution in [0.25, 0.3) is 0 Å². The van der Waals surface area contributed by atoms with E-state index < -0.39 is 0 Å². The van der Waals surface area contributed by atoms with Gasteiger partial charge in [-0.3, -0.25) is 0 Å². The maximum Gasteiger partial charge on any atom is 0.410 e. The van der Waals surface area contributed by atoms with Crippen LogP contribution in [0.4, 0.5) is 4.79 Å². The van der Waals surface area contributed by atoms with Crippen molar-refractivity contribution in [3.05, 3.63) is 0 Å². The molecule has 0 aromatic rings. The fraction of sp³-hybridized carbons (Fsp3) is 0.981. The molecule has 6 nitrogen and oxygen atoms in total. The number of carbonyl (C=O) groups is 1. The highest BCUT2D eigenvalue weighted by Gasteiger charge is 2.23. The summed E-state index contributed by atoms with van der Waals surface area (Å²) in [5.74, 6) is 0. The van der Waals surface area contributed by atoms with E-state index in [2.05, 4.69) is 35.8 Å². The third-order valence-electron chi connectivity index (χ3n) is 9.00. The minimum atomic E-state index is -0.361. The summed E-state index contributed by atoms with van der Waals surface area (Å²) in [7, 11) is 6.56. The SMILES string of the molecule is C.C.C.C.C.C1CCCC1.C1CCCCC1.CC.CC.CC.CC.CC.CC.CC(C)(C)OC(=O)N1CCCC1.CN1CCCC1.CN1CCCCC1.CN1CCCCC1. The van der Waals surface area contributed by atoms with Crippen LogP contribution in [-0.4, -0.2) is 105 Å². The molecule has 0 spiro atoms. The Labute approximate surface area is 388 Å². The molecule has 0 aromatic heterocycles. The standard InChI is InChI=1S/C9H17NO2.2C6H13N.C6H12.C5H11N.C5H10.6C2H6.5CH4/c1-9(2,3)12-8(11)10-6-4-5-7-10;2*1-7-5-3-2-4-6-7;1-2-4-6-5-3-1;1-6-4-2-3-5-6;1-2-4-5-3-1;6*1-2;;;;;/h4-7H2,1-3H3;2*2-6H2,1H3;1-6H2;2-5H2,1H3;1-5H2;6*1-2H3;5*1H4. The summed E-state index contributed by atoms with van der Waals surface area (Å²) in [6.45, 7) is 39.3. The molecule has 0 radical (unpaired) electrons. The second-order valence-corrected chi connectivity index (χ2v) is 14.8. The topological polar surface area (TPSA) is 39.3 Å². The molecular formula is C54H132N4O2. The zero-order valence-electron chi connectivity index (χ0n) is 42.1. The molecule has 0 unspecified atom stereocenters. The number of hydrogen-bond acceptors (Lipinski definition) is 5. The van der Waals surface area contributed by atoms with Crippen molar-refractivity contribution >= 4 is 6.09 Å². The third kappa shape index (κ3) is 74.6. The molecule has 6 aliphatic rings. The summed E-state index contributed by atoms with van der Waals surface area (Å²) in [6.07, 6.45) is 29.9. The second kappa shape index (κ2) is 75.5. The van der Waals surface area contributed by atoms with Crippen LogP contribution >= 0.6 is 0 Å². The molecule has 4 saturated heterocycles. The number of nitrogens with zero attached hydrogens (tertiary/aromatic N) is 4. The molecule has 6 fully saturated rings. The molecule has 6 heteroatoms. The van der Waals surface area contributed by atoms with Crippen LogP contribution in [-0.2, 0) is 4.74 Å². The van der Waals surface area contributed by atoms with Crippen molar-refractivity contribution in [2.24, 2.45) is 0 Å². The van der Waals surface area contributed by atoms with E-state index in [4.69, 9.17) is 4.74 Å². The molecule has 0 bridgehead atoms. The Bertz CT molecular complexity index is 575. The van der Waals surface area contributed by atoms with E-state index >= 15 is 0 Å². The summed E-state index contributed by atoms with van der Waals surface area (Å²) in [6, 6.07) is 0. The highest BCUT2D eigenvalue weighted by Crippen LogP contribution is 2.16. The third-order valence-corrected chi connectivity index (χ3v) is 9.00. The van der Waals surface area contributed by atoms with E-state index in [0.29, 0.717) is 0 Å². The van der Waals surface area contributed by atoms with Crippen LogP contribution in [0.5, 0.6) is 0 Å². The van der Waals surface area contributed by atoms with Gasteiger partial charge in [-0.05, 0) is 133 Å². The predicted molar refractivity (Wildman–Crippen MR) is 289 cm³/mol. The smallest absolute Gasteiger partial charge is 0.410 e. The zero-order valence-corrected chi connectivity index (χ0v) is 42.1. The minimum Gasteiger partial charge on any atom is -0.444 e. The highest BCUT2D eigenvalue weighted by molar-refractivity contribution is 5.68. The molecule has 60 heavy (non-hydrogen) atoms. The van der Waals surface area contributed by atoms with Crippen LogP contribution in [0, 0.1) is 0 Å². The maximum absolute atomic E-state index is 11.4. The van der Waals surface area contributed by atoms with Crippen molar-refractivity contribution in [2.75, 3.05) is 73.5 Å². The van der Waals surface area contributed by atoms with E-state index in [1.165, 1.54) is 161 Å². The summed E-state index contributed by atoms with van der Waals surface area (Å²) in [4.78, 5) is 20.3. The Hall–Kier alpha value is -0.850. The number of likely N-dealkylation sites (tertiary alicyclic amines) is 4. The van der Waals surface area contributed by atoms with Crippen molar-refractivity contribution in [3.63, 3.8) is 0 Å². The van der Waals surface area contributed by atoms with Crippen LogP contribution in [0.3, 0.4) is 0 Å². The van der Waals surface area contributed by atoms with E-state index in [0.717, 1.165) is 25.9 Å². The van der Waals surface area contributed by atoms with Crippen LogP contribution in [0.15, 0.2) is 0 Å². The lowest BCUT2D eigenvalue weighted by atomic mass is 10.0. The number of hydrogen-bond donors (Lipinski definition) is 0. The van der Waals surface area contributed by atoms with Gasteiger partial charge >= 0.3 is 6.09 Å². The first-order chi connectivity index (χ1) is 26.7. The van der Waals surface area contributed by atoms with Gasteiger partial charge in [0.25, 0.3) is 0 Å². The minimum absolute atomic E-state index is 0. The number of carbonyl (C=O) groups excluding carboxylic acids is 1. The first-order valence-electron chi connectivity index (χ1n) is 24.7. The van der Waals surface area contributed by atoms with Gasteiger partial charge in [-0.25, -0.2) is 4.79 Å². The number of ether oxygens (including phenoxy) is 1. The maximum atomic E-state index is 11.4. The fourth-order valence-electron chi connectivity index (χ4n) is 6.15. The van der Waals surface area contributed by atoms with Gasteiger partial charge in [-0.1, -0.05) is 204 Å². The average molecular weight is 870 g/mol. The van der Waals surface area contributed by atoms with Gasteiger partial charge in [0, 0.05) is 13.1 Å². The van der Waals surface area contributed by atoms with E-state index in [1.54, 1.807) is 4.90 Å². The summed E-state index contributed by atoms with van der Waals surface area (Å²) >= 11 is 0. The van der Waals surface area contributed by atoms with Crippen molar-refractivity contribution in [1.29, 1.82) is 0 Å². The van der Waals surface area contributed by atoms with Crippen molar-refractivity contribution in [1.82, 2.24) is 19.6 Å². The lowest BCUT2D eigenvalue weighted by molar-refractivity contribution is 0.0295.